The normalized spacial score (nSPS) is 14.0. The number of rotatable bonds is 9. The van der Waals surface area contributed by atoms with Gasteiger partial charge in [0.05, 0.1) is 24.1 Å². The highest BCUT2D eigenvalue weighted by atomic mass is 35.5. The number of carbonyl (C=O) groups excluding carboxylic acids is 1. The zero-order valence-electron chi connectivity index (χ0n) is 21.3. The summed E-state index contributed by atoms with van der Waals surface area (Å²) in [6, 6.07) is 26.4. The zero-order chi connectivity index (χ0) is 28.1. The molecule has 0 spiro atoms. The first-order valence-electron chi connectivity index (χ1n) is 12.6. The highest BCUT2D eigenvalue weighted by Crippen LogP contribution is 2.41. The average Bonchev–Trinajstić information content (AvgIpc) is 2.97. The first-order chi connectivity index (χ1) is 19.4. The molecule has 1 atom stereocenters. The van der Waals surface area contributed by atoms with Crippen molar-refractivity contribution in [3.05, 3.63) is 118 Å². The van der Waals surface area contributed by atoms with Crippen molar-refractivity contribution in [3.63, 3.8) is 0 Å². The molecule has 4 aromatic carbocycles. The molecule has 1 amide bonds. The number of hydrogen-bond donors (Lipinski definition) is 1. The predicted molar refractivity (Wildman–Crippen MR) is 152 cm³/mol. The maximum absolute atomic E-state index is 13.5. The van der Waals surface area contributed by atoms with Gasteiger partial charge in [-0.15, -0.1) is 0 Å². The third kappa shape index (κ3) is 6.50. The number of nitrogens with zero attached hydrogens (tertiary/aromatic N) is 1. The molecular formula is C31H25Cl2NO6. The van der Waals surface area contributed by atoms with Gasteiger partial charge in [-0.05, 0) is 73.0 Å². The summed E-state index contributed by atoms with van der Waals surface area (Å²) in [6.07, 6.45) is 0.974. The molecule has 1 unspecified atom stereocenters. The molecule has 9 heteroatoms. The highest BCUT2D eigenvalue weighted by Gasteiger charge is 2.29. The van der Waals surface area contributed by atoms with E-state index in [4.69, 9.17) is 37.5 Å². The Kier molecular flexibility index (Phi) is 8.43. The van der Waals surface area contributed by atoms with Gasteiger partial charge in [0.15, 0.2) is 5.75 Å². The number of amides is 1. The average molecular weight is 578 g/mol. The molecule has 1 aliphatic heterocycles. The number of hydroxylamine groups is 2. The zero-order valence-corrected chi connectivity index (χ0v) is 22.8. The van der Waals surface area contributed by atoms with Crippen molar-refractivity contribution in [3.8, 4) is 23.0 Å². The molecule has 204 valence electrons. The maximum atomic E-state index is 13.5. The van der Waals surface area contributed by atoms with Crippen LogP contribution in [0.1, 0.15) is 33.8 Å². The monoisotopic (exact) mass is 577 g/mol. The number of ether oxygens (including phenoxy) is 2. The number of carboxylic acids is 1. The Morgan fingerprint density at radius 3 is 2.33 bits per heavy atom. The lowest BCUT2D eigenvalue weighted by molar-refractivity contribution is -0.139. The van der Waals surface area contributed by atoms with Crippen LogP contribution in [-0.2, 0) is 11.2 Å². The number of hydrogen-bond acceptors (Lipinski definition) is 5. The number of halogens is 2. The van der Waals surface area contributed by atoms with E-state index in [0.717, 1.165) is 5.56 Å². The first kappa shape index (κ1) is 27.4. The van der Waals surface area contributed by atoms with Crippen LogP contribution >= 0.6 is 23.2 Å². The molecule has 1 heterocycles. The topological polar surface area (TPSA) is 85.3 Å². The lowest BCUT2D eigenvalue weighted by atomic mass is 9.93. The van der Waals surface area contributed by atoms with Crippen LogP contribution in [0.2, 0.25) is 10.0 Å². The Morgan fingerprint density at radius 1 is 0.925 bits per heavy atom. The molecule has 0 saturated heterocycles. The first-order valence-corrected chi connectivity index (χ1v) is 13.4. The van der Waals surface area contributed by atoms with Crippen LogP contribution in [0.4, 0.5) is 0 Å². The molecule has 0 aliphatic carbocycles. The standard InChI is InChI=1S/C31H25Cl2NO6/c32-22-8-12-24(13-9-22)40-34(16-14-20-4-2-1-3-5-20)30(35)21-6-10-23(11-7-21)39-29-19-28-26(18-27(29)33)25(31(36)37)15-17-38-28/h1-13,18-19,25H,14-17H2,(H,36,37). The minimum Gasteiger partial charge on any atom is -0.493 e. The van der Waals surface area contributed by atoms with E-state index >= 15 is 0 Å². The summed E-state index contributed by atoms with van der Waals surface area (Å²) in [6.45, 7) is 0.618. The molecule has 1 N–H and O–H groups in total. The summed E-state index contributed by atoms with van der Waals surface area (Å²) < 4.78 is 11.6. The van der Waals surface area contributed by atoms with Crippen LogP contribution < -0.4 is 14.3 Å². The van der Waals surface area contributed by atoms with Crippen molar-refractivity contribution in [2.24, 2.45) is 0 Å². The van der Waals surface area contributed by atoms with Gasteiger partial charge in [0, 0.05) is 22.2 Å². The lowest BCUT2D eigenvalue weighted by Gasteiger charge is -2.24. The number of carboxylic acid groups (broad SMARTS) is 1. The Labute approximate surface area is 241 Å². The van der Waals surface area contributed by atoms with Crippen LogP contribution in [0.3, 0.4) is 0 Å². The van der Waals surface area contributed by atoms with Gasteiger partial charge < -0.3 is 19.4 Å². The lowest BCUT2D eigenvalue weighted by Crippen LogP contribution is -2.36. The molecule has 0 fully saturated rings. The SMILES string of the molecule is O=C(O)C1CCOc2cc(Oc3ccc(C(=O)N(CCc4ccccc4)Oc4ccc(Cl)cc4)cc3)c(Cl)cc21. The second-order valence-electron chi connectivity index (χ2n) is 9.16. The minimum absolute atomic E-state index is 0.263. The van der Waals surface area contributed by atoms with E-state index in [1.54, 1.807) is 60.7 Å². The largest absolute Gasteiger partial charge is 0.493 e. The van der Waals surface area contributed by atoms with E-state index in [1.807, 2.05) is 30.3 Å². The molecule has 0 saturated carbocycles. The number of fused-ring (bicyclic) bond motifs is 1. The van der Waals surface area contributed by atoms with E-state index in [2.05, 4.69) is 0 Å². The second-order valence-corrected chi connectivity index (χ2v) is 10.0. The van der Waals surface area contributed by atoms with Gasteiger partial charge in [-0.1, -0.05) is 53.5 Å². The number of aliphatic carboxylic acids is 1. The van der Waals surface area contributed by atoms with Crippen LogP contribution in [0.25, 0.3) is 0 Å². The van der Waals surface area contributed by atoms with Crippen molar-refractivity contribution in [2.45, 2.75) is 18.8 Å². The third-order valence-electron chi connectivity index (χ3n) is 6.43. The summed E-state index contributed by atoms with van der Waals surface area (Å²) >= 11 is 12.4. The van der Waals surface area contributed by atoms with Gasteiger partial charge in [-0.2, -0.15) is 5.06 Å². The molecule has 5 rings (SSSR count). The van der Waals surface area contributed by atoms with Crippen LogP contribution in [-0.4, -0.2) is 35.2 Å². The van der Waals surface area contributed by atoms with Crippen LogP contribution in [0.15, 0.2) is 91.0 Å². The summed E-state index contributed by atoms with van der Waals surface area (Å²) in [5, 5.41) is 11.7. The fraction of sp³-hybridized carbons (Fsp3) is 0.161. The van der Waals surface area contributed by atoms with Crippen LogP contribution in [0, 0.1) is 0 Å². The Morgan fingerprint density at radius 2 is 1.62 bits per heavy atom. The Balaban J connectivity index is 1.32. The van der Waals surface area contributed by atoms with Gasteiger partial charge in [0.2, 0.25) is 0 Å². The summed E-state index contributed by atoms with van der Waals surface area (Å²) in [5.41, 5.74) is 2.00. The molecule has 0 radical (unpaired) electrons. The van der Waals surface area contributed by atoms with E-state index in [1.165, 1.54) is 5.06 Å². The van der Waals surface area contributed by atoms with Crippen molar-refractivity contribution < 1.29 is 29.0 Å². The van der Waals surface area contributed by atoms with E-state index < -0.39 is 11.9 Å². The van der Waals surface area contributed by atoms with Crippen LogP contribution in [0.5, 0.6) is 23.0 Å². The van der Waals surface area contributed by atoms with Gasteiger partial charge in [-0.3, -0.25) is 9.59 Å². The van der Waals surface area contributed by atoms with Crippen molar-refractivity contribution >= 4 is 35.1 Å². The molecule has 0 aromatic heterocycles. The second kappa shape index (κ2) is 12.3. The molecule has 0 bridgehead atoms. The van der Waals surface area contributed by atoms with E-state index in [0.29, 0.717) is 65.1 Å². The number of carbonyl (C=O) groups is 2. The van der Waals surface area contributed by atoms with Gasteiger partial charge in [0.25, 0.3) is 5.91 Å². The molecule has 7 nitrogen and oxygen atoms in total. The van der Waals surface area contributed by atoms with Crippen molar-refractivity contribution in [1.82, 2.24) is 5.06 Å². The molecule has 1 aliphatic rings. The van der Waals surface area contributed by atoms with Crippen molar-refractivity contribution in [2.75, 3.05) is 13.2 Å². The Bertz CT molecular complexity index is 1490. The fourth-order valence-corrected chi connectivity index (χ4v) is 4.68. The van der Waals surface area contributed by atoms with Gasteiger partial charge in [0.1, 0.15) is 17.2 Å². The minimum atomic E-state index is -0.924. The maximum Gasteiger partial charge on any atom is 0.311 e. The number of benzene rings is 4. The summed E-state index contributed by atoms with van der Waals surface area (Å²) in [4.78, 5) is 31.0. The highest BCUT2D eigenvalue weighted by molar-refractivity contribution is 6.32. The fourth-order valence-electron chi connectivity index (χ4n) is 4.35. The molecular weight excluding hydrogens is 553 g/mol. The smallest absolute Gasteiger partial charge is 0.311 e. The molecule has 4 aromatic rings. The van der Waals surface area contributed by atoms with E-state index in [-0.39, 0.29) is 10.9 Å². The van der Waals surface area contributed by atoms with E-state index in [9.17, 15) is 14.7 Å². The Hall–Kier alpha value is -4.20. The van der Waals surface area contributed by atoms with Gasteiger partial charge in [-0.25, -0.2) is 0 Å². The quantitative estimate of drug-likeness (QED) is 0.208. The van der Waals surface area contributed by atoms with Gasteiger partial charge >= 0.3 is 5.97 Å². The summed E-state index contributed by atoms with van der Waals surface area (Å²) in [7, 11) is 0. The summed E-state index contributed by atoms with van der Waals surface area (Å²) in [5.74, 6) is -0.247. The predicted octanol–water partition coefficient (Wildman–Crippen LogP) is 7.42. The third-order valence-corrected chi connectivity index (χ3v) is 6.98. The van der Waals surface area contributed by atoms with Crippen molar-refractivity contribution in [1.29, 1.82) is 0 Å². The molecule has 40 heavy (non-hydrogen) atoms.